The Morgan fingerprint density at radius 3 is 2.87 bits per heavy atom. The molecule has 1 saturated heterocycles. The zero-order valence-corrected chi connectivity index (χ0v) is 9.20. The minimum absolute atomic E-state index is 0.0903. The standard InChI is InChI=1S/C12H18O3/c1-13-9-11-5-3-2-4-10(11)8-12(11)14-6-7-15-12/h2,4,10H,3,5-9H2,1H3/t10-,11+/m0/s1. The number of rotatable bonds is 2. The van der Waals surface area contributed by atoms with Gasteiger partial charge in [0.25, 0.3) is 0 Å². The smallest absolute Gasteiger partial charge is 0.177 e. The molecule has 0 radical (unpaired) electrons. The number of hydrogen-bond donors (Lipinski definition) is 0. The van der Waals surface area contributed by atoms with Gasteiger partial charge >= 0.3 is 0 Å². The molecule has 1 spiro atoms. The average molecular weight is 210 g/mol. The lowest BCUT2D eigenvalue weighted by Crippen LogP contribution is -2.66. The van der Waals surface area contributed by atoms with E-state index in [-0.39, 0.29) is 11.2 Å². The van der Waals surface area contributed by atoms with Gasteiger partial charge in [-0.15, -0.1) is 0 Å². The van der Waals surface area contributed by atoms with Gasteiger partial charge in [0.15, 0.2) is 5.79 Å². The molecule has 0 N–H and O–H groups in total. The van der Waals surface area contributed by atoms with E-state index in [1.54, 1.807) is 7.11 Å². The van der Waals surface area contributed by atoms with Crippen LogP contribution in [0.4, 0.5) is 0 Å². The zero-order valence-electron chi connectivity index (χ0n) is 9.20. The lowest BCUT2D eigenvalue weighted by molar-refractivity contribution is -0.333. The van der Waals surface area contributed by atoms with Crippen LogP contribution >= 0.6 is 0 Å². The Morgan fingerprint density at radius 1 is 1.40 bits per heavy atom. The number of fused-ring (bicyclic) bond motifs is 2. The molecule has 3 nitrogen and oxygen atoms in total. The Hall–Kier alpha value is -0.380. The van der Waals surface area contributed by atoms with E-state index in [0.717, 1.165) is 39.1 Å². The van der Waals surface area contributed by atoms with Gasteiger partial charge in [0.05, 0.1) is 25.2 Å². The van der Waals surface area contributed by atoms with Crippen LogP contribution in [0.2, 0.25) is 0 Å². The van der Waals surface area contributed by atoms with Crippen molar-refractivity contribution >= 4 is 0 Å². The summed E-state index contributed by atoms with van der Waals surface area (Å²) in [5, 5.41) is 0. The molecule has 3 rings (SSSR count). The van der Waals surface area contributed by atoms with E-state index in [2.05, 4.69) is 12.2 Å². The van der Waals surface area contributed by atoms with Gasteiger partial charge < -0.3 is 14.2 Å². The number of hydrogen-bond acceptors (Lipinski definition) is 3. The second-order valence-electron chi connectivity index (χ2n) is 4.82. The summed E-state index contributed by atoms with van der Waals surface area (Å²) < 4.78 is 17.1. The minimum Gasteiger partial charge on any atom is -0.384 e. The number of allylic oxidation sites excluding steroid dienone is 2. The summed E-state index contributed by atoms with van der Waals surface area (Å²) in [5.41, 5.74) is 0.0903. The molecule has 1 heterocycles. The van der Waals surface area contributed by atoms with Crippen LogP contribution in [-0.2, 0) is 14.2 Å². The molecule has 3 heteroatoms. The third-order valence-corrected chi connectivity index (χ3v) is 4.24. The molecule has 1 aliphatic heterocycles. The lowest BCUT2D eigenvalue weighted by atomic mass is 9.52. The van der Waals surface area contributed by atoms with E-state index in [1.165, 1.54) is 0 Å². The van der Waals surface area contributed by atoms with Crippen LogP contribution in [0.25, 0.3) is 0 Å². The molecule has 0 bridgehead atoms. The molecule has 0 amide bonds. The molecule has 0 aromatic heterocycles. The van der Waals surface area contributed by atoms with E-state index >= 15 is 0 Å². The van der Waals surface area contributed by atoms with Crippen molar-refractivity contribution in [2.24, 2.45) is 11.3 Å². The van der Waals surface area contributed by atoms with Gasteiger partial charge in [-0.05, 0) is 18.8 Å². The summed E-state index contributed by atoms with van der Waals surface area (Å²) >= 11 is 0. The van der Waals surface area contributed by atoms with Crippen molar-refractivity contribution in [1.29, 1.82) is 0 Å². The van der Waals surface area contributed by atoms with Gasteiger partial charge in [-0.25, -0.2) is 0 Å². The summed E-state index contributed by atoms with van der Waals surface area (Å²) in [4.78, 5) is 0. The third kappa shape index (κ3) is 1.11. The van der Waals surface area contributed by atoms with Crippen LogP contribution < -0.4 is 0 Å². The van der Waals surface area contributed by atoms with Crippen molar-refractivity contribution in [3.63, 3.8) is 0 Å². The molecule has 0 unspecified atom stereocenters. The number of ether oxygens (including phenoxy) is 3. The third-order valence-electron chi connectivity index (χ3n) is 4.24. The maximum absolute atomic E-state index is 5.87. The highest BCUT2D eigenvalue weighted by molar-refractivity contribution is 5.19. The fourth-order valence-electron chi connectivity index (χ4n) is 3.48. The SMILES string of the molecule is COC[C@]12CCC=C[C@H]1CC21OCCO1. The second-order valence-corrected chi connectivity index (χ2v) is 4.82. The highest BCUT2D eigenvalue weighted by atomic mass is 16.7. The molecule has 15 heavy (non-hydrogen) atoms. The monoisotopic (exact) mass is 210 g/mol. The largest absolute Gasteiger partial charge is 0.384 e. The van der Waals surface area contributed by atoms with Crippen LogP contribution in [-0.4, -0.2) is 32.7 Å². The maximum Gasteiger partial charge on any atom is 0.177 e. The van der Waals surface area contributed by atoms with Gasteiger partial charge in [0, 0.05) is 13.5 Å². The predicted octanol–water partition coefficient (Wildman–Crippen LogP) is 1.73. The fourth-order valence-corrected chi connectivity index (χ4v) is 3.48. The van der Waals surface area contributed by atoms with Crippen molar-refractivity contribution in [3.8, 4) is 0 Å². The lowest BCUT2D eigenvalue weighted by Gasteiger charge is -2.61. The Bertz CT molecular complexity index is 281. The Morgan fingerprint density at radius 2 is 2.20 bits per heavy atom. The Balaban J connectivity index is 1.90. The first-order chi connectivity index (χ1) is 7.33. The predicted molar refractivity (Wildman–Crippen MR) is 55.4 cm³/mol. The summed E-state index contributed by atoms with van der Waals surface area (Å²) in [6.45, 7) is 2.23. The van der Waals surface area contributed by atoms with E-state index < -0.39 is 0 Å². The molecule has 0 aromatic carbocycles. The quantitative estimate of drug-likeness (QED) is 0.650. The molecule has 3 aliphatic rings. The summed E-state index contributed by atoms with van der Waals surface area (Å²) in [6.07, 6.45) is 7.85. The number of methoxy groups -OCH3 is 1. The molecule has 1 saturated carbocycles. The van der Waals surface area contributed by atoms with Crippen molar-refractivity contribution in [2.45, 2.75) is 25.0 Å². The molecular weight excluding hydrogens is 192 g/mol. The van der Waals surface area contributed by atoms with Crippen LogP contribution in [0.5, 0.6) is 0 Å². The highest BCUT2D eigenvalue weighted by Crippen LogP contribution is 2.63. The van der Waals surface area contributed by atoms with Gasteiger partial charge in [-0.2, -0.15) is 0 Å². The fraction of sp³-hybridized carbons (Fsp3) is 0.833. The van der Waals surface area contributed by atoms with Crippen LogP contribution in [0.1, 0.15) is 19.3 Å². The van der Waals surface area contributed by atoms with Crippen molar-refractivity contribution in [3.05, 3.63) is 12.2 Å². The average Bonchev–Trinajstić information content (AvgIpc) is 2.72. The van der Waals surface area contributed by atoms with Gasteiger partial charge in [-0.3, -0.25) is 0 Å². The Kier molecular flexibility index (Phi) is 2.16. The Labute approximate surface area is 90.4 Å². The van der Waals surface area contributed by atoms with Crippen LogP contribution in [0.3, 0.4) is 0 Å². The first-order valence-electron chi connectivity index (χ1n) is 5.77. The summed E-state index contributed by atoms with van der Waals surface area (Å²) in [6, 6.07) is 0. The summed E-state index contributed by atoms with van der Waals surface area (Å²) in [7, 11) is 1.77. The van der Waals surface area contributed by atoms with Crippen LogP contribution in [0.15, 0.2) is 12.2 Å². The molecule has 84 valence electrons. The molecule has 2 fully saturated rings. The first-order valence-corrected chi connectivity index (χ1v) is 5.77. The van der Waals surface area contributed by atoms with Gasteiger partial charge in [-0.1, -0.05) is 12.2 Å². The van der Waals surface area contributed by atoms with Gasteiger partial charge in [0.1, 0.15) is 0 Å². The van der Waals surface area contributed by atoms with Gasteiger partial charge in [0.2, 0.25) is 0 Å². The van der Waals surface area contributed by atoms with Crippen LogP contribution in [0, 0.1) is 11.3 Å². The summed E-state index contributed by atoms with van der Waals surface area (Å²) in [5.74, 6) is 0.266. The van der Waals surface area contributed by atoms with Crippen molar-refractivity contribution in [1.82, 2.24) is 0 Å². The van der Waals surface area contributed by atoms with E-state index in [4.69, 9.17) is 14.2 Å². The maximum atomic E-state index is 5.87. The first kappa shape index (κ1) is 9.82. The zero-order chi connectivity index (χ0) is 10.4. The van der Waals surface area contributed by atoms with E-state index in [1.807, 2.05) is 0 Å². The van der Waals surface area contributed by atoms with Crippen molar-refractivity contribution < 1.29 is 14.2 Å². The molecular formula is C12H18O3. The van der Waals surface area contributed by atoms with E-state index in [9.17, 15) is 0 Å². The second kappa shape index (κ2) is 3.30. The van der Waals surface area contributed by atoms with Crippen molar-refractivity contribution in [2.75, 3.05) is 26.9 Å². The molecule has 2 atom stereocenters. The molecule has 0 aromatic rings. The van der Waals surface area contributed by atoms with E-state index in [0.29, 0.717) is 5.92 Å². The highest BCUT2D eigenvalue weighted by Gasteiger charge is 2.68. The topological polar surface area (TPSA) is 27.7 Å². The minimum atomic E-state index is -0.321. The molecule has 2 aliphatic carbocycles. The normalized spacial score (nSPS) is 41.5.